The van der Waals surface area contributed by atoms with Crippen LogP contribution in [0.1, 0.15) is 39.4 Å². The molecule has 3 aromatic rings. The van der Waals surface area contributed by atoms with Gasteiger partial charge in [0.1, 0.15) is 23.8 Å². The number of esters is 2. The van der Waals surface area contributed by atoms with Gasteiger partial charge in [0.2, 0.25) is 5.91 Å². The molecule has 1 aromatic carbocycles. The van der Waals surface area contributed by atoms with Gasteiger partial charge in [-0.25, -0.2) is 24.5 Å². The fraction of sp³-hybridized carbons (Fsp3) is 0.333. The van der Waals surface area contributed by atoms with E-state index in [0.29, 0.717) is 25.9 Å². The molecule has 1 amide bonds. The Labute approximate surface area is 202 Å². The Kier molecular flexibility index (Phi) is 7.04. The molecular weight excluding hydrogens is 452 g/mol. The highest BCUT2D eigenvalue weighted by Crippen LogP contribution is 2.26. The average molecular weight is 479 g/mol. The normalized spacial score (nSPS) is 13.9. The summed E-state index contributed by atoms with van der Waals surface area (Å²) in [4.78, 5) is 52.2. The first-order valence-electron chi connectivity index (χ1n) is 11.1. The monoisotopic (exact) mass is 478 g/mol. The largest absolute Gasteiger partial charge is 0.465 e. The van der Waals surface area contributed by atoms with E-state index in [1.54, 1.807) is 6.20 Å². The Morgan fingerprint density at radius 1 is 0.971 bits per heavy atom. The van der Waals surface area contributed by atoms with Crippen LogP contribution in [0.4, 0.5) is 11.5 Å². The Bertz CT molecular complexity index is 1250. The number of carbonyl (C=O) groups is 3. The molecule has 0 radical (unpaired) electrons. The van der Waals surface area contributed by atoms with Crippen molar-refractivity contribution in [2.24, 2.45) is 5.92 Å². The SMILES string of the molecule is COC(=O)c1ccc(C(=O)OC)c(NC(=O)C2CCN(c3cc(-n4ccnc4C)ncn3)CC2)c1. The number of aryl methyl sites for hydroxylation is 1. The molecule has 1 aliphatic rings. The van der Waals surface area contributed by atoms with E-state index < -0.39 is 11.9 Å². The highest BCUT2D eigenvalue weighted by Gasteiger charge is 2.27. The molecule has 35 heavy (non-hydrogen) atoms. The number of carbonyl (C=O) groups excluding carboxylic acids is 3. The molecule has 0 spiro atoms. The number of nitrogens with zero attached hydrogens (tertiary/aromatic N) is 5. The molecule has 2 aromatic heterocycles. The predicted octanol–water partition coefficient (Wildman–Crippen LogP) is 2.40. The van der Waals surface area contributed by atoms with Crippen molar-refractivity contribution in [1.82, 2.24) is 19.5 Å². The summed E-state index contributed by atoms with van der Waals surface area (Å²) in [6, 6.07) is 6.21. The standard InChI is InChI=1S/C24H26N6O5/c1-15-25-8-11-30(15)21-13-20(26-14-27-21)29-9-6-16(7-10-29)22(31)28-19-12-17(23(32)34-2)4-5-18(19)24(33)35-3/h4-5,8,11-14,16H,6-7,9-10H2,1-3H3,(H,28,31). The number of anilines is 2. The zero-order valence-corrected chi connectivity index (χ0v) is 19.7. The lowest BCUT2D eigenvalue weighted by Gasteiger charge is -2.32. The van der Waals surface area contributed by atoms with Gasteiger partial charge in [-0.2, -0.15) is 0 Å². The molecule has 1 saturated heterocycles. The van der Waals surface area contributed by atoms with Gasteiger partial charge < -0.3 is 19.7 Å². The van der Waals surface area contributed by atoms with Crippen LogP contribution in [0.3, 0.4) is 0 Å². The number of nitrogens with one attached hydrogen (secondary N) is 1. The summed E-state index contributed by atoms with van der Waals surface area (Å²) in [6.45, 7) is 3.16. The Morgan fingerprint density at radius 3 is 2.34 bits per heavy atom. The molecule has 0 saturated carbocycles. The van der Waals surface area contributed by atoms with Crippen molar-refractivity contribution < 1.29 is 23.9 Å². The Balaban J connectivity index is 1.44. The number of ether oxygens (including phenoxy) is 2. The summed E-state index contributed by atoms with van der Waals surface area (Å²) in [7, 11) is 2.52. The molecule has 0 bridgehead atoms. The van der Waals surface area contributed by atoms with Crippen molar-refractivity contribution in [2.45, 2.75) is 19.8 Å². The molecule has 182 valence electrons. The van der Waals surface area contributed by atoms with Crippen molar-refractivity contribution in [2.75, 3.05) is 37.5 Å². The van der Waals surface area contributed by atoms with Crippen molar-refractivity contribution >= 4 is 29.4 Å². The minimum atomic E-state index is -0.612. The predicted molar refractivity (Wildman–Crippen MR) is 127 cm³/mol. The maximum atomic E-state index is 13.0. The van der Waals surface area contributed by atoms with Gasteiger partial charge in [0, 0.05) is 37.5 Å². The molecule has 1 N–H and O–H groups in total. The van der Waals surface area contributed by atoms with Gasteiger partial charge in [0.15, 0.2) is 0 Å². The van der Waals surface area contributed by atoms with Crippen molar-refractivity contribution in [1.29, 1.82) is 0 Å². The lowest BCUT2D eigenvalue weighted by molar-refractivity contribution is -0.120. The fourth-order valence-corrected chi connectivity index (χ4v) is 4.05. The third kappa shape index (κ3) is 5.13. The van der Waals surface area contributed by atoms with Crippen LogP contribution in [0.5, 0.6) is 0 Å². The van der Waals surface area contributed by atoms with Gasteiger partial charge in [-0.05, 0) is 38.0 Å². The first kappa shape index (κ1) is 23.9. The summed E-state index contributed by atoms with van der Waals surface area (Å²) in [5.74, 6) is 0.656. The van der Waals surface area contributed by atoms with E-state index in [1.807, 2.05) is 23.8 Å². The zero-order valence-electron chi connectivity index (χ0n) is 19.7. The summed E-state index contributed by atoms with van der Waals surface area (Å²) in [6.07, 6.45) is 6.27. The lowest BCUT2D eigenvalue weighted by atomic mass is 9.95. The number of aromatic nitrogens is 4. The minimum absolute atomic E-state index is 0.161. The second-order valence-corrected chi connectivity index (χ2v) is 8.07. The van der Waals surface area contributed by atoms with Crippen LogP contribution in [-0.4, -0.2) is 64.7 Å². The molecule has 0 aliphatic carbocycles. The average Bonchev–Trinajstić information content (AvgIpc) is 3.33. The quantitative estimate of drug-likeness (QED) is 0.531. The second kappa shape index (κ2) is 10.3. The molecule has 4 rings (SSSR count). The number of benzene rings is 1. The van der Waals surface area contributed by atoms with Gasteiger partial charge in [0.05, 0.1) is 31.0 Å². The minimum Gasteiger partial charge on any atom is -0.465 e. The second-order valence-electron chi connectivity index (χ2n) is 8.07. The lowest BCUT2D eigenvalue weighted by Crippen LogP contribution is -2.38. The number of imidazole rings is 1. The number of rotatable bonds is 6. The van der Waals surface area contributed by atoms with Crippen molar-refractivity contribution in [3.63, 3.8) is 0 Å². The van der Waals surface area contributed by atoms with Crippen LogP contribution in [0.25, 0.3) is 5.82 Å². The van der Waals surface area contributed by atoms with Crippen LogP contribution in [-0.2, 0) is 14.3 Å². The smallest absolute Gasteiger partial charge is 0.339 e. The van der Waals surface area contributed by atoms with E-state index in [-0.39, 0.29) is 28.6 Å². The highest BCUT2D eigenvalue weighted by molar-refractivity contribution is 6.04. The summed E-state index contributed by atoms with van der Waals surface area (Å²) < 4.78 is 11.4. The van der Waals surface area contributed by atoms with Gasteiger partial charge in [-0.1, -0.05) is 0 Å². The van der Waals surface area contributed by atoms with E-state index >= 15 is 0 Å². The van der Waals surface area contributed by atoms with Gasteiger partial charge >= 0.3 is 11.9 Å². The van der Waals surface area contributed by atoms with E-state index in [4.69, 9.17) is 9.47 Å². The number of methoxy groups -OCH3 is 2. The Hall–Kier alpha value is -4.28. The number of hydrogen-bond acceptors (Lipinski definition) is 9. The fourth-order valence-electron chi connectivity index (χ4n) is 4.05. The topological polar surface area (TPSA) is 129 Å². The van der Waals surface area contributed by atoms with Crippen molar-refractivity contribution in [3.05, 3.63) is 59.9 Å². The van der Waals surface area contributed by atoms with Gasteiger partial charge in [-0.15, -0.1) is 0 Å². The first-order chi connectivity index (χ1) is 16.9. The molecule has 11 nitrogen and oxygen atoms in total. The van der Waals surface area contributed by atoms with E-state index in [0.717, 1.165) is 17.5 Å². The van der Waals surface area contributed by atoms with Gasteiger partial charge in [-0.3, -0.25) is 9.36 Å². The molecule has 1 aliphatic heterocycles. The van der Waals surface area contributed by atoms with Crippen LogP contribution in [0.2, 0.25) is 0 Å². The van der Waals surface area contributed by atoms with E-state index in [1.165, 1.54) is 38.7 Å². The van der Waals surface area contributed by atoms with Crippen LogP contribution < -0.4 is 10.2 Å². The molecule has 0 atom stereocenters. The van der Waals surface area contributed by atoms with Crippen LogP contribution >= 0.6 is 0 Å². The maximum absolute atomic E-state index is 13.0. The molecule has 3 heterocycles. The molecule has 1 fully saturated rings. The summed E-state index contributed by atoms with van der Waals surface area (Å²) in [5, 5.41) is 2.80. The van der Waals surface area contributed by atoms with E-state index in [9.17, 15) is 14.4 Å². The third-order valence-corrected chi connectivity index (χ3v) is 6.00. The first-order valence-corrected chi connectivity index (χ1v) is 11.1. The van der Waals surface area contributed by atoms with Gasteiger partial charge in [0.25, 0.3) is 0 Å². The number of amides is 1. The molecule has 0 unspecified atom stereocenters. The van der Waals surface area contributed by atoms with E-state index in [2.05, 4.69) is 25.2 Å². The molecular formula is C24H26N6O5. The van der Waals surface area contributed by atoms with Crippen molar-refractivity contribution in [3.8, 4) is 5.82 Å². The third-order valence-electron chi connectivity index (χ3n) is 6.00. The maximum Gasteiger partial charge on any atom is 0.339 e. The molecule has 11 heteroatoms. The highest BCUT2D eigenvalue weighted by atomic mass is 16.5. The zero-order chi connectivity index (χ0) is 24.9. The number of piperidine rings is 1. The summed E-state index contributed by atoms with van der Waals surface area (Å²) in [5.41, 5.74) is 0.593. The van der Waals surface area contributed by atoms with Crippen LogP contribution in [0.15, 0.2) is 43.0 Å². The van der Waals surface area contributed by atoms with Crippen LogP contribution in [0, 0.1) is 12.8 Å². The number of hydrogen-bond donors (Lipinski definition) is 1. The Morgan fingerprint density at radius 2 is 1.69 bits per heavy atom. The summed E-state index contributed by atoms with van der Waals surface area (Å²) >= 11 is 0.